The van der Waals surface area contributed by atoms with Gasteiger partial charge < -0.3 is 15.5 Å². The van der Waals surface area contributed by atoms with E-state index in [9.17, 15) is 4.79 Å². The lowest BCUT2D eigenvalue weighted by Gasteiger charge is -2.18. The van der Waals surface area contributed by atoms with Gasteiger partial charge >= 0.3 is 5.97 Å². The van der Waals surface area contributed by atoms with Crippen molar-refractivity contribution in [2.24, 2.45) is 0 Å². The summed E-state index contributed by atoms with van der Waals surface area (Å²) in [6, 6.07) is 1.71. The maximum absolute atomic E-state index is 11.8. The number of hydrogen-bond acceptors (Lipinski definition) is 5. The molecule has 2 rings (SSSR count). The number of thiazole rings is 1. The number of hydrogen-bond donors (Lipinski definition) is 2. The van der Waals surface area contributed by atoms with Crippen LogP contribution in [-0.2, 0) is 4.74 Å². The summed E-state index contributed by atoms with van der Waals surface area (Å²) in [5.74, 6) is -0.378. The molecular formula is C12H15N3O2S. The van der Waals surface area contributed by atoms with Gasteiger partial charge in [0.15, 0.2) is 5.13 Å². The number of nitrogens with two attached hydrogens (primary N) is 1. The van der Waals surface area contributed by atoms with Crippen LogP contribution in [0.3, 0.4) is 0 Å². The number of H-pyrrole nitrogens is 1. The smallest absolute Gasteiger partial charge is 0.355 e. The molecule has 2 aromatic rings. The fourth-order valence-corrected chi connectivity index (χ4v) is 1.99. The van der Waals surface area contributed by atoms with E-state index < -0.39 is 5.60 Å². The highest BCUT2D eigenvalue weighted by molar-refractivity contribution is 7.13. The van der Waals surface area contributed by atoms with Gasteiger partial charge in [-0.25, -0.2) is 9.78 Å². The second kappa shape index (κ2) is 4.45. The Hall–Kier alpha value is -1.82. The molecule has 2 heterocycles. The normalized spacial score (nSPS) is 11.5. The maximum atomic E-state index is 11.8. The van der Waals surface area contributed by atoms with Crippen LogP contribution in [0.25, 0.3) is 11.3 Å². The third kappa shape index (κ3) is 2.89. The van der Waals surface area contributed by atoms with Crippen molar-refractivity contribution >= 4 is 22.4 Å². The molecule has 0 spiro atoms. The Labute approximate surface area is 109 Å². The quantitative estimate of drug-likeness (QED) is 0.818. The van der Waals surface area contributed by atoms with Crippen molar-refractivity contribution in [2.75, 3.05) is 5.73 Å². The molecule has 96 valence electrons. The van der Waals surface area contributed by atoms with E-state index in [1.54, 1.807) is 12.3 Å². The van der Waals surface area contributed by atoms with Crippen molar-refractivity contribution in [2.45, 2.75) is 26.4 Å². The van der Waals surface area contributed by atoms with Gasteiger partial charge in [0.05, 0.1) is 5.69 Å². The first-order valence-electron chi connectivity index (χ1n) is 5.48. The van der Waals surface area contributed by atoms with E-state index in [0.717, 1.165) is 11.3 Å². The molecular weight excluding hydrogens is 250 g/mol. The number of anilines is 1. The number of nitrogen functional groups attached to an aromatic ring is 1. The molecule has 0 aliphatic rings. The minimum absolute atomic E-state index is 0.378. The number of nitrogens with zero attached hydrogens (tertiary/aromatic N) is 1. The van der Waals surface area contributed by atoms with Crippen LogP contribution in [0.4, 0.5) is 5.13 Å². The number of carbonyl (C=O) groups excluding carboxylic acids is 1. The van der Waals surface area contributed by atoms with Gasteiger partial charge in [-0.3, -0.25) is 0 Å². The standard InChI is InChI=1S/C12H15N3O2S/c1-12(2,3)17-10(16)8-4-7(5-14-8)9-6-18-11(13)15-9/h4-6,14H,1-3H3,(H2,13,15). The van der Waals surface area contributed by atoms with E-state index in [0.29, 0.717) is 10.8 Å². The van der Waals surface area contributed by atoms with Gasteiger partial charge in [0.25, 0.3) is 0 Å². The van der Waals surface area contributed by atoms with E-state index in [4.69, 9.17) is 10.5 Å². The number of aromatic amines is 1. The van der Waals surface area contributed by atoms with Gasteiger partial charge in [-0.15, -0.1) is 11.3 Å². The molecule has 2 aromatic heterocycles. The van der Waals surface area contributed by atoms with E-state index in [1.807, 2.05) is 26.2 Å². The number of ether oxygens (including phenoxy) is 1. The summed E-state index contributed by atoms with van der Waals surface area (Å²) in [6.07, 6.45) is 1.72. The fourth-order valence-electron chi connectivity index (χ4n) is 1.41. The molecule has 0 amide bonds. The van der Waals surface area contributed by atoms with E-state index in [1.165, 1.54) is 11.3 Å². The number of nitrogens with one attached hydrogen (secondary N) is 1. The van der Waals surface area contributed by atoms with Gasteiger partial charge in [-0.2, -0.15) is 0 Å². The van der Waals surface area contributed by atoms with Crippen LogP contribution < -0.4 is 5.73 Å². The third-order valence-electron chi connectivity index (χ3n) is 2.12. The molecule has 0 aromatic carbocycles. The van der Waals surface area contributed by atoms with Crippen LogP contribution in [0.1, 0.15) is 31.3 Å². The number of aromatic nitrogens is 2. The van der Waals surface area contributed by atoms with E-state index in [2.05, 4.69) is 9.97 Å². The van der Waals surface area contributed by atoms with Crippen molar-refractivity contribution in [3.05, 3.63) is 23.3 Å². The number of carbonyl (C=O) groups is 1. The average Bonchev–Trinajstić information content (AvgIpc) is 2.82. The van der Waals surface area contributed by atoms with Crippen LogP contribution in [0.5, 0.6) is 0 Å². The van der Waals surface area contributed by atoms with Crippen molar-refractivity contribution in [1.82, 2.24) is 9.97 Å². The zero-order valence-electron chi connectivity index (χ0n) is 10.5. The van der Waals surface area contributed by atoms with E-state index in [-0.39, 0.29) is 5.97 Å². The van der Waals surface area contributed by atoms with Crippen molar-refractivity contribution < 1.29 is 9.53 Å². The molecule has 0 saturated carbocycles. The first kappa shape index (κ1) is 12.6. The monoisotopic (exact) mass is 265 g/mol. The van der Waals surface area contributed by atoms with Gasteiger partial charge in [0.1, 0.15) is 11.3 Å². The van der Waals surface area contributed by atoms with Crippen LogP contribution in [0.2, 0.25) is 0 Å². The molecule has 0 bridgehead atoms. The Bertz CT molecular complexity index is 566. The van der Waals surface area contributed by atoms with Crippen molar-refractivity contribution in [3.63, 3.8) is 0 Å². The lowest BCUT2D eigenvalue weighted by atomic mass is 10.2. The largest absolute Gasteiger partial charge is 0.455 e. The van der Waals surface area contributed by atoms with Crippen molar-refractivity contribution in [1.29, 1.82) is 0 Å². The molecule has 0 atom stereocenters. The number of rotatable bonds is 2. The molecule has 0 fully saturated rings. The predicted octanol–water partition coefficient (Wildman–Crippen LogP) is 2.68. The Kier molecular flexibility index (Phi) is 3.13. The summed E-state index contributed by atoms with van der Waals surface area (Å²) >= 11 is 1.36. The molecule has 0 saturated heterocycles. The average molecular weight is 265 g/mol. The fraction of sp³-hybridized carbons (Fsp3) is 0.333. The summed E-state index contributed by atoms with van der Waals surface area (Å²) in [7, 11) is 0. The van der Waals surface area contributed by atoms with Crippen LogP contribution >= 0.6 is 11.3 Å². The zero-order chi connectivity index (χ0) is 13.3. The topological polar surface area (TPSA) is 81.0 Å². The lowest BCUT2D eigenvalue weighted by molar-refractivity contribution is 0.00636. The summed E-state index contributed by atoms with van der Waals surface area (Å²) < 4.78 is 5.27. The Morgan fingerprint density at radius 3 is 2.78 bits per heavy atom. The Balaban J connectivity index is 2.18. The molecule has 0 aliphatic heterocycles. The second-order valence-electron chi connectivity index (χ2n) is 4.87. The summed E-state index contributed by atoms with van der Waals surface area (Å²) in [6.45, 7) is 5.49. The van der Waals surface area contributed by atoms with Gasteiger partial charge in [-0.1, -0.05) is 0 Å². The molecule has 6 heteroatoms. The van der Waals surface area contributed by atoms with Crippen LogP contribution in [0, 0.1) is 0 Å². The maximum Gasteiger partial charge on any atom is 0.355 e. The van der Waals surface area contributed by atoms with E-state index >= 15 is 0 Å². The Morgan fingerprint density at radius 2 is 2.22 bits per heavy atom. The highest BCUT2D eigenvalue weighted by Crippen LogP contribution is 2.24. The first-order valence-corrected chi connectivity index (χ1v) is 6.36. The van der Waals surface area contributed by atoms with Gasteiger partial charge in [0, 0.05) is 17.1 Å². The van der Waals surface area contributed by atoms with Crippen LogP contribution in [0.15, 0.2) is 17.6 Å². The Morgan fingerprint density at radius 1 is 1.50 bits per heavy atom. The SMILES string of the molecule is CC(C)(C)OC(=O)c1cc(-c2csc(N)n2)c[nH]1. The molecule has 5 nitrogen and oxygen atoms in total. The minimum atomic E-state index is -0.507. The minimum Gasteiger partial charge on any atom is -0.455 e. The second-order valence-corrected chi connectivity index (χ2v) is 5.76. The van der Waals surface area contributed by atoms with Crippen molar-refractivity contribution in [3.8, 4) is 11.3 Å². The van der Waals surface area contributed by atoms with Gasteiger partial charge in [0.2, 0.25) is 0 Å². The number of esters is 1. The third-order valence-corrected chi connectivity index (χ3v) is 2.79. The summed E-state index contributed by atoms with van der Waals surface area (Å²) in [4.78, 5) is 18.9. The zero-order valence-corrected chi connectivity index (χ0v) is 11.3. The van der Waals surface area contributed by atoms with Gasteiger partial charge in [-0.05, 0) is 26.8 Å². The predicted molar refractivity (Wildman–Crippen MR) is 71.5 cm³/mol. The molecule has 3 N–H and O–H groups in total. The van der Waals surface area contributed by atoms with Crippen LogP contribution in [-0.4, -0.2) is 21.5 Å². The molecule has 0 radical (unpaired) electrons. The highest BCUT2D eigenvalue weighted by atomic mass is 32.1. The summed E-state index contributed by atoms with van der Waals surface area (Å²) in [5.41, 5.74) is 7.05. The summed E-state index contributed by atoms with van der Waals surface area (Å²) in [5, 5.41) is 2.35. The molecule has 18 heavy (non-hydrogen) atoms. The molecule has 0 unspecified atom stereocenters. The first-order chi connectivity index (χ1) is 8.35. The highest BCUT2D eigenvalue weighted by Gasteiger charge is 2.19. The molecule has 0 aliphatic carbocycles. The lowest BCUT2D eigenvalue weighted by Crippen LogP contribution is -2.24.